The number of fused-ring (bicyclic) bond motifs is 11. The van der Waals surface area contributed by atoms with Crippen LogP contribution in [-0.4, -0.2) is 108 Å². The molecule has 0 saturated carbocycles. The summed E-state index contributed by atoms with van der Waals surface area (Å²) in [5.74, 6) is 4.09. The normalized spacial score (nSPS) is 14.2. The number of benzene rings is 5. The summed E-state index contributed by atoms with van der Waals surface area (Å²) >= 11 is 8.63. The van der Waals surface area contributed by atoms with Crippen LogP contribution in [0.15, 0.2) is 189 Å². The maximum Gasteiger partial charge on any atom is 0.139 e. The summed E-state index contributed by atoms with van der Waals surface area (Å²) < 4.78 is 0. The quantitative estimate of drug-likeness (QED) is 0.0339. The molecule has 15 aromatic rings. The second-order valence-electron chi connectivity index (χ2n) is 26.9. The van der Waals surface area contributed by atoms with E-state index >= 15 is 0 Å². The highest BCUT2D eigenvalue weighted by Crippen LogP contribution is 2.43. The molecule has 0 unspecified atom stereocenters. The number of nitrogens with one attached hydrogen (secondary N) is 5. The van der Waals surface area contributed by atoms with Crippen molar-refractivity contribution >= 4 is 137 Å². The number of nitrogens with zero attached hydrogens (tertiary/aromatic N) is 10. The van der Waals surface area contributed by atoms with Crippen LogP contribution in [0.1, 0.15) is 137 Å². The van der Waals surface area contributed by atoms with E-state index in [1.807, 2.05) is 159 Å². The van der Waals surface area contributed by atoms with Crippen molar-refractivity contribution in [1.29, 1.82) is 0 Å². The fraction of sp³-hybridized carbons (Fsp3) is 0.286. The average molecular weight is 1550 g/mol. The Hall–Kier alpha value is -9.90. The lowest BCUT2D eigenvalue weighted by atomic mass is 9.97. The first-order valence-electron chi connectivity index (χ1n) is 36.9. The van der Waals surface area contributed by atoms with E-state index in [9.17, 15) is 25.5 Å². The fourth-order valence-corrected chi connectivity index (χ4v) is 19.9. The van der Waals surface area contributed by atoms with Crippen molar-refractivity contribution in [2.75, 3.05) is 59.6 Å². The van der Waals surface area contributed by atoms with E-state index in [-0.39, 0.29) is 63.2 Å². The van der Waals surface area contributed by atoms with Crippen molar-refractivity contribution < 1.29 is 25.5 Å². The van der Waals surface area contributed by atoms with Gasteiger partial charge in [-0.05, 0) is 152 Å². The summed E-state index contributed by atoms with van der Waals surface area (Å²) in [6, 6.07) is 48.9. The Kier molecular flexibility index (Phi) is 25.4. The van der Waals surface area contributed by atoms with E-state index in [0.29, 0.717) is 0 Å². The zero-order chi connectivity index (χ0) is 75.0. The standard InChI is InChI=1S/2C18H19N3OS.C17H17N3OS.C16H17N3OS.C15H15N3OS/c2*22-10-14(12-6-2-1-3-7-12)21-17-16-13-8-4-5-9-15(13)23-18(16)20-11-19-17;21-9-13(11-5-2-1-3-6-11)20-16-15-12-7-4-8-14(12)22-17(15)19-10-18-16;1-10-11(2)21-16-14(10)15(17-9-18-16)19-13(8-20)12-6-4-3-5-7-12;1-10-8-20-15-13(10)14(16-9-17-15)18-12(7-19)11-5-3-2-4-6-11/h2*1-3,6-7,11,14,22H,4-5,8-10H2,(H,19,20,21);1-3,5-6,10,13,21H,4,7-9H2,(H,18,19,20);3-7,9,13,20H,8H2,1-2H3,(H,17,18,19);2-6,8-9,12,19H,7H2,1H3,(H,16,17,18)/t2*14-;2*13-;12-/m10111/s1. The van der Waals surface area contributed by atoms with Crippen molar-refractivity contribution in [1.82, 2.24) is 49.8 Å². The molecule has 0 radical (unpaired) electrons. The summed E-state index contributed by atoms with van der Waals surface area (Å²) in [5, 5.41) is 73.2. The van der Waals surface area contributed by atoms with Gasteiger partial charge < -0.3 is 52.1 Å². The lowest BCUT2D eigenvalue weighted by Crippen LogP contribution is -2.16. The number of anilines is 5. The van der Waals surface area contributed by atoms with Crippen molar-refractivity contribution in [3.05, 3.63) is 264 Å². The van der Waals surface area contributed by atoms with Gasteiger partial charge in [0.25, 0.3) is 0 Å². The summed E-state index contributed by atoms with van der Waals surface area (Å²) in [6.45, 7) is 6.33. The van der Waals surface area contributed by atoms with E-state index in [2.05, 4.69) is 95.7 Å². The topological polar surface area (TPSA) is 290 Å². The molecule has 0 fully saturated rings. The summed E-state index contributed by atoms with van der Waals surface area (Å²) in [7, 11) is 0. The third-order valence-corrected chi connectivity index (χ3v) is 25.7. The zero-order valence-electron chi connectivity index (χ0n) is 60.8. The van der Waals surface area contributed by atoms with Gasteiger partial charge in [0.2, 0.25) is 0 Å². The van der Waals surface area contributed by atoms with Crippen LogP contribution in [-0.2, 0) is 38.5 Å². The first-order valence-corrected chi connectivity index (χ1v) is 41.0. The van der Waals surface area contributed by atoms with Crippen LogP contribution < -0.4 is 26.6 Å². The van der Waals surface area contributed by atoms with Crippen molar-refractivity contribution in [2.24, 2.45) is 0 Å². The van der Waals surface area contributed by atoms with Gasteiger partial charge in [-0.3, -0.25) is 0 Å². The molecule has 0 saturated heterocycles. The van der Waals surface area contributed by atoms with E-state index < -0.39 is 0 Å². The molecule has 10 heterocycles. The number of hydrogen-bond acceptors (Lipinski definition) is 25. The second kappa shape index (κ2) is 36.5. The van der Waals surface area contributed by atoms with Gasteiger partial charge in [0, 0.05) is 19.5 Å². The van der Waals surface area contributed by atoms with Gasteiger partial charge in [0.15, 0.2) is 0 Å². The minimum Gasteiger partial charge on any atom is -0.394 e. The number of aryl methyl sites for hydroxylation is 9. The Labute approximate surface area is 652 Å². The maximum absolute atomic E-state index is 9.80. The summed E-state index contributed by atoms with van der Waals surface area (Å²) in [6.07, 6.45) is 20.9. The molecule has 3 aliphatic carbocycles. The van der Waals surface area contributed by atoms with Crippen LogP contribution >= 0.6 is 56.7 Å². The molecular weight excluding hydrogens is 1460 g/mol. The average Bonchev–Trinajstić information content (AvgIpc) is 1.65. The fourth-order valence-electron chi connectivity index (χ4n) is 14.3. The Morgan fingerprint density at radius 1 is 0.303 bits per heavy atom. The van der Waals surface area contributed by atoms with E-state index in [1.54, 1.807) is 88.3 Å². The molecule has 0 bridgehead atoms. The van der Waals surface area contributed by atoms with Gasteiger partial charge in [-0.25, -0.2) is 49.8 Å². The van der Waals surface area contributed by atoms with Gasteiger partial charge in [0.05, 0.1) is 90.2 Å². The molecule has 18 rings (SSSR count). The monoisotopic (exact) mass is 1550 g/mol. The maximum atomic E-state index is 9.80. The van der Waals surface area contributed by atoms with Crippen molar-refractivity contribution in [2.45, 2.75) is 122 Å². The Morgan fingerprint density at radius 2 is 0.569 bits per heavy atom. The number of hydrogen-bond donors (Lipinski definition) is 10. The van der Waals surface area contributed by atoms with Crippen LogP contribution in [0.2, 0.25) is 0 Å². The first-order chi connectivity index (χ1) is 53.6. The SMILES string of the molecule is Cc1csc2ncnc(N[C@H](CO)c3ccccc3)c12.Cc1sc2ncnc(N[C@H](CO)c3ccccc3)c2c1C.OC[C@@H](Nc1ncnc2sc3c(c12)CCC3)c1ccccc1.OC[C@@H](Nc1ncnc2sc3c(c12)CCCC3)c1ccccc1.OC[C@H](Nc1ncnc2sc3c(c12)CCCC3)c1ccccc1. The number of rotatable bonds is 20. The lowest BCUT2D eigenvalue weighted by molar-refractivity contribution is 0.276. The molecule has 3 aliphatic rings. The predicted molar refractivity (Wildman–Crippen MR) is 446 cm³/mol. The van der Waals surface area contributed by atoms with E-state index in [0.717, 1.165) is 152 Å². The molecule has 5 atom stereocenters. The Morgan fingerprint density at radius 3 is 0.890 bits per heavy atom. The van der Waals surface area contributed by atoms with Gasteiger partial charge in [0.1, 0.15) is 84.9 Å². The van der Waals surface area contributed by atoms with E-state index in [4.69, 9.17) is 0 Å². The molecule has 0 aliphatic heterocycles. The largest absolute Gasteiger partial charge is 0.394 e. The van der Waals surface area contributed by atoms with Gasteiger partial charge >= 0.3 is 0 Å². The van der Waals surface area contributed by atoms with Crippen molar-refractivity contribution in [3.63, 3.8) is 0 Å². The minimum atomic E-state index is -0.177. The molecule has 0 amide bonds. The number of aliphatic hydroxyl groups is 5. The summed E-state index contributed by atoms with van der Waals surface area (Å²) in [5.41, 5.74) is 11.8. The van der Waals surface area contributed by atoms with Crippen LogP contribution in [0.25, 0.3) is 51.1 Å². The number of thiophene rings is 5. The number of aromatic nitrogens is 10. The lowest BCUT2D eigenvalue weighted by Gasteiger charge is -2.19. The minimum absolute atomic E-state index is 0.0116. The molecule has 10 aromatic heterocycles. The highest BCUT2D eigenvalue weighted by molar-refractivity contribution is 7.20. The molecule has 20 nitrogen and oxygen atoms in total. The van der Waals surface area contributed by atoms with Crippen LogP contribution in [0.5, 0.6) is 0 Å². The third kappa shape index (κ3) is 17.6. The van der Waals surface area contributed by atoms with Gasteiger partial charge in [-0.1, -0.05) is 152 Å². The number of aliphatic hydroxyl groups excluding tert-OH is 5. The zero-order valence-corrected chi connectivity index (χ0v) is 64.9. The Bertz CT molecular complexity index is 5320. The molecule has 109 heavy (non-hydrogen) atoms. The third-order valence-electron chi connectivity index (χ3n) is 20.0. The van der Waals surface area contributed by atoms with Gasteiger partial charge in [-0.2, -0.15) is 0 Å². The second-order valence-corrected chi connectivity index (χ2v) is 32.3. The molecule has 25 heteroatoms. The smallest absolute Gasteiger partial charge is 0.139 e. The van der Waals surface area contributed by atoms with E-state index in [1.165, 1.54) is 73.9 Å². The van der Waals surface area contributed by atoms with Crippen LogP contribution in [0.4, 0.5) is 29.1 Å². The summed E-state index contributed by atoms with van der Waals surface area (Å²) in [4.78, 5) is 54.7. The molecular formula is C84H87N15O5S5. The first kappa shape index (κ1) is 75.9. The van der Waals surface area contributed by atoms with Gasteiger partial charge in [-0.15, -0.1) is 56.7 Å². The van der Waals surface area contributed by atoms with Crippen LogP contribution in [0, 0.1) is 20.8 Å². The van der Waals surface area contributed by atoms with Crippen molar-refractivity contribution in [3.8, 4) is 0 Å². The molecule has 558 valence electrons. The molecule has 5 aromatic carbocycles. The van der Waals surface area contributed by atoms with Crippen LogP contribution in [0.3, 0.4) is 0 Å². The predicted octanol–water partition coefficient (Wildman–Crippen LogP) is 17.4. The highest BCUT2D eigenvalue weighted by Gasteiger charge is 2.27. The molecule has 10 N–H and O–H groups in total. The molecule has 0 spiro atoms. The highest BCUT2D eigenvalue weighted by atomic mass is 32.1. The Balaban J connectivity index is 0.000000114.